The second kappa shape index (κ2) is 7.97. The summed E-state index contributed by atoms with van der Waals surface area (Å²) in [6.07, 6.45) is 5.87. The second-order valence-electron chi connectivity index (χ2n) is 3.28. The molecule has 0 fully saturated rings. The minimum Gasteiger partial charge on any atom is -0.448 e. The van der Waals surface area contributed by atoms with Gasteiger partial charge in [-0.1, -0.05) is 27.4 Å². The van der Waals surface area contributed by atoms with E-state index in [2.05, 4.69) is 37.3 Å². The third-order valence-corrected chi connectivity index (χ3v) is 1.68. The first-order chi connectivity index (χ1) is 7.15. The molecule has 1 aromatic rings. The van der Waals surface area contributed by atoms with Gasteiger partial charge in [0.1, 0.15) is 6.26 Å². The highest BCUT2D eigenvalue weighted by atomic mass is 16.3. The predicted octanol–water partition coefficient (Wildman–Crippen LogP) is 3.58. The summed E-state index contributed by atoms with van der Waals surface area (Å²) in [5, 5.41) is 0. The van der Waals surface area contributed by atoms with E-state index in [9.17, 15) is 0 Å². The summed E-state index contributed by atoms with van der Waals surface area (Å²) in [4.78, 5) is 7.87. The molecule has 0 saturated carbocycles. The van der Waals surface area contributed by atoms with E-state index in [1.54, 1.807) is 12.5 Å². The molecule has 0 aliphatic carbocycles. The van der Waals surface area contributed by atoms with E-state index in [4.69, 9.17) is 4.42 Å². The highest BCUT2D eigenvalue weighted by Gasteiger charge is 2.05. The van der Waals surface area contributed by atoms with E-state index < -0.39 is 0 Å². The van der Waals surface area contributed by atoms with Crippen LogP contribution in [0, 0.1) is 0 Å². The first-order valence-electron chi connectivity index (χ1n) is 5.18. The molecule has 0 aliphatic rings. The van der Waals surface area contributed by atoms with Crippen molar-refractivity contribution in [2.75, 3.05) is 0 Å². The van der Waals surface area contributed by atoms with Crippen LogP contribution in [0.25, 0.3) is 0 Å². The molecule has 84 valence electrons. The van der Waals surface area contributed by atoms with Crippen LogP contribution >= 0.6 is 0 Å². The lowest BCUT2D eigenvalue weighted by molar-refractivity contribution is 0.470. The van der Waals surface area contributed by atoms with Crippen molar-refractivity contribution in [2.45, 2.75) is 40.0 Å². The Morgan fingerprint density at radius 2 is 2.27 bits per heavy atom. The van der Waals surface area contributed by atoms with Crippen molar-refractivity contribution in [1.29, 1.82) is 0 Å². The topological polar surface area (TPSA) is 38.4 Å². The van der Waals surface area contributed by atoms with E-state index in [0.717, 1.165) is 18.0 Å². The van der Waals surface area contributed by atoms with Gasteiger partial charge in [-0.15, -0.1) is 0 Å². The number of oxazole rings is 1. The molecule has 0 N–H and O–H groups in total. The average Bonchev–Trinajstić information content (AvgIpc) is 2.68. The Morgan fingerprint density at radius 3 is 2.47 bits per heavy atom. The Kier molecular flexibility index (Phi) is 7.24. The average molecular weight is 208 g/mol. The Hall–Kier alpha value is -1.38. The number of rotatable bonds is 3. The van der Waals surface area contributed by atoms with Gasteiger partial charge in [-0.05, 0) is 13.3 Å². The summed E-state index contributed by atoms with van der Waals surface area (Å²) in [6, 6.07) is 0. The summed E-state index contributed by atoms with van der Waals surface area (Å²) in [5.74, 6) is 1.25. The van der Waals surface area contributed by atoms with E-state index in [0.29, 0.717) is 5.92 Å². The van der Waals surface area contributed by atoms with Crippen molar-refractivity contribution in [3.8, 4) is 0 Å². The minimum absolute atomic E-state index is 0.403. The monoisotopic (exact) mass is 208 g/mol. The van der Waals surface area contributed by atoms with Gasteiger partial charge in [0.25, 0.3) is 0 Å². The molecule has 15 heavy (non-hydrogen) atoms. The van der Waals surface area contributed by atoms with Crippen LogP contribution in [0.2, 0.25) is 0 Å². The molecular weight excluding hydrogens is 188 g/mol. The molecule has 1 rings (SSSR count). The van der Waals surface area contributed by atoms with Gasteiger partial charge in [-0.2, -0.15) is 0 Å². The molecule has 3 heteroatoms. The Morgan fingerprint density at radius 1 is 1.60 bits per heavy atom. The van der Waals surface area contributed by atoms with Crippen LogP contribution in [0.1, 0.15) is 45.2 Å². The van der Waals surface area contributed by atoms with Gasteiger partial charge in [0.05, 0.1) is 5.69 Å². The summed E-state index contributed by atoms with van der Waals surface area (Å²) in [6.45, 7) is 11.4. The van der Waals surface area contributed by atoms with Gasteiger partial charge in [0, 0.05) is 18.3 Å². The number of hydrogen-bond acceptors (Lipinski definition) is 3. The van der Waals surface area contributed by atoms with Gasteiger partial charge < -0.3 is 4.42 Å². The van der Waals surface area contributed by atoms with E-state index in [1.165, 1.54) is 6.20 Å². The number of aromatic nitrogens is 1. The molecule has 0 spiro atoms. The predicted molar refractivity (Wildman–Crippen MR) is 64.3 cm³/mol. The molecule has 0 unspecified atom stereocenters. The van der Waals surface area contributed by atoms with Gasteiger partial charge in [-0.25, -0.2) is 4.98 Å². The van der Waals surface area contributed by atoms with Crippen molar-refractivity contribution < 1.29 is 4.42 Å². The molecule has 0 bridgehead atoms. The summed E-state index contributed by atoms with van der Waals surface area (Å²) in [7, 11) is 0. The highest BCUT2D eigenvalue weighted by Crippen LogP contribution is 2.12. The van der Waals surface area contributed by atoms with E-state index in [1.807, 2.05) is 6.92 Å². The zero-order valence-electron chi connectivity index (χ0n) is 10.0. The summed E-state index contributed by atoms with van der Waals surface area (Å²) >= 11 is 0. The molecule has 0 amide bonds. The third-order valence-electron chi connectivity index (χ3n) is 1.68. The molecule has 1 heterocycles. The van der Waals surface area contributed by atoms with Crippen LogP contribution in [0.15, 0.2) is 28.5 Å². The highest BCUT2D eigenvalue weighted by molar-refractivity contribution is 5.53. The van der Waals surface area contributed by atoms with Crippen LogP contribution < -0.4 is 0 Å². The smallest absolute Gasteiger partial charge is 0.196 e. The van der Waals surface area contributed by atoms with Crippen molar-refractivity contribution in [1.82, 2.24) is 4.98 Å². The van der Waals surface area contributed by atoms with Crippen molar-refractivity contribution in [3.63, 3.8) is 0 Å². The van der Waals surface area contributed by atoms with Crippen LogP contribution in [0.3, 0.4) is 0 Å². The van der Waals surface area contributed by atoms with Crippen LogP contribution in [0.5, 0.6) is 0 Å². The van der Waals surface area contributed by atoms with E-state index >= 15 is 0 Å². The first-order valence-corrected chi connectivity index (χ1v) is 5.18. The van der Waals surface area contributed by atoms with Gasteiger partial charge in [-0.3, -0.25) is 4.99 Å². The number of hydrogen-bond donors (Lipinski definition) is 0. The molecule has 0 radical (unpaired) electrons. The fourth-order valence-electron chi connectivity index (χ4n) is 0.856. The Balaban J connectivity index is 0.000000336. The maximum Gasteiger partial charge on any atom is 0.196 e. The lowest BCUT2D eigenvalue weighted by Crippen LogP contribution is -1.87. The van der Waals surface area contributed by atoms with Crippen LogP contribution in [0.4, 0.5) is 0 Å². The van der Waals surface area contributed by atoms with Gasteiger partial charge in [0.2, 0.25) is 0 Å². The Labute approximate surface area is 91.9 Å². The second-order valence-corrected chi connectivity index (χ2v) is 3.28. The Bertz CT molecular complexity index is 300. The molecular formula is C12H20N2O. The quantitative estimate of drug-likeness (QED) is 0.712. The summed E-state index contributed by atoms with van der Waals surface area (Å²) < 4.78 is 5.21. The SMILES string of the molecule is C=CN=CC.CCc1coc(C(C)C)n1. The number of aliphatic imine (C=N–C) groups is 1. The number of nitrogens with zero attached hydrogens (tertiary/aromatic N) is 2. The maximum absolute atomic E-state index is 5.21. The molecule has 0 aromatic carbocycles. The molecule has 0 atom stereocenters. The molecule has 0 aliphatic heterocycles. The maximum atomic E-state index is 5.21. The zero-order chi connectivity index (χ0) is 11.7. The van der Waals surface area contributed by atoms with E-state index in [-0.39, 0.29) is 0 Å². The standard InChI is InChI=1S/C8H13NO.C4H7N/c1-4-7-5-10-8(9-7)6(2)3;1-3-5-4-2/h5-6H,4H2,1-3H3;3-4H,1H2,2H3. The van der Waals surface area contributed by atoms with Crippen LogP contribution in [-0.4, -0.2) is 11.2 Å². The van der Waals surface area contributed by atoms with Crippen molar-refractivity contribution in [3.05, 3.63) is 30.6 Å². The van der Waals surface area contributed by atoms with Crippen LogP contribution in [-0.2, 0) is 6.42 Å². The van der Waals surface area contributed by atoms with Gasteiger partial charge >= 0.3 is 0 Å². The third kappa shape index (κ3) is 5.83. The zero-order valence-corrected chi connectivity index (χ0v) is 10.0. The minimum atomic E-state index is 0.403. The molecule has 1 aromatic heterocycles. The number of aryl methyl sites for hydroxylation is 1. The van der Waals surface area contributed by atoms with Crippen molar-refractivity contribution >= 4 is 6.21 Å². The molecule has 3 nitrogen and oxygen atoms in total. The van der Waals surface area contributed by atoms with Gasteiger partial charge in [0.15, 0.2) is 5.89 Å². The molecule has 0 saturated heterocycles. The lowest BCUT2D eigenvalue weighted by Gasteiger charge is -1.93. The largest absolute Gasteiger partial charge is 0.448 e. The summed E-state index contributed by atoms with van der Waals surface area (Å²) in [5.41, 5.74) is 1.05. The fourth-order valence-corrected chi connectivity index (χ4v) is 0.856. The lowest BCUT2D eigenvalue weighted by atomic mass is 10.2. The normalized spacial score (nSPS) is 10.2. The first kappa shape index (κ1) is 13.6. The fraction of sp³-hybridized carbons (Fsp3) is 0.500. The van der Waals surface area contributed by atoms with Crippen molar-refractivity contribution in [2.24, 2.45) is 4.99 Å².